The standard InChI is InChI=1S/C22H27N5O2/c1-14-21(28)24-18-11-15(7-8-19(18)25(14)2)22(29)26-10-9-16(12-26)27-13-23-17-5-3-4-6-20(17)27/h7-8,11,13-14,16H,3-6,9-10,12H2,1-2H3,(H,24,28). The molecule has 1 aromatic carbocycles. The lowest BCUT2D eigenvalue weighted by molar-refractivity contribution is -0.117. The Morgan fingerprint density at radius 2 is 2.07 bits per heavy atom. The molecular formula is C22H27N5O2. The first-order chi connectivity index (χ1) is 14.0. The number of aryl methyl sites for hydroxylation is 1. The lowest BCUT2D eigenvalue weighted by Gasteiger charge is -2.33. The van der Waals surface area contributed by atoms with Gasteiger partial charge in [0.2, 0.25) is 5.91 Å². The lowest BCUT2D eigenvalue weighted by atomic mass is 10.0. The van der Waals surface area contributed by atoms with Crippen LogP contribution in [0.3, 0.4) is 0 Å². The van der Waals surface area contributed by atoms with Gasteiger partial charge in [0.1, 0.15) is 6.04 Å². The second-order valence-corrected chi connectivity index (χ2v) is 8.45. The number of hydrogen-bond donors (Lipinski definition) is 1. The average Bonchev–Trinajstić information content (AvgIpc) is 3.38. The number of fused-ring (bicyclic) bond motifs is 2. The van der Waals surface area contributed by atoms with Crippen molar-refractivity contribution in [2.75, 3.05) is 30.4 Å². The highest BCUT2D eigenvalue weighted by molar-refractivity contribution is 6.05. The predicted octanol–water partition coefficient (Wildman–Crippen LogP) is 2.63. The maximum absolute atomic E-state index is 13.1. The number of benzene rings is 1. The molecule has 0 spiro atoms. The minimum Gasteiger partial charge on any atom is -0.361 e. The second kappa shape index (κ2) is 6.90. The number of aromatic nitrogens is 2. The van der Waals surface area contributed by atoms with Gasteiger partial charge in [-0.05, 0) is 57.2 Å². The largest absolute Gasteiger partial charge is 0.361 e. The van der Waals surface area contributed by atoms with Gasteiger partial charge >= 0.3 is 0 Å². The fourth-order valence-corrected chi connectivity index (χ4v) is 4.84. The summed E-state index contributed by atoms with van der Waals surface area (Å²) in [5, 5.41) is 2.93. The molecule has 2 atom stereocenters. The van der Waals surface area contributed by atoms with Gasteiger partial charge in [0.25, 0.3) is 5.91 Å². The number of likely N-dealkylation sites (N-methyl/N-ethyl adjacent to an activating group) is 1. The van der Waals surface area contributed by atoms with Crippen molar-refractivity contribution in [1.29, 1.82) is 0 Å². The Kier molecular flexibility index (Phi) is 4.33. The second-order valence-electron chi connectivity index (χ2n) is 8.45. The number of nitrogens with zero attached hydrogens (tertiary/aromatic N) is 4. The molecule has 1 fully saturated rings. The van der Waals surface area contributed by atoms with E-state index in [1.807, 2.05) is 48.3 Å². The molecule has 29 heavy (non-hydrogen) atoms. The third-order valence-corrected chi connectivity index (χ3v) is 6.75. The Balaban J connectivity index is 1.34. The zero-order valence-electron chi connectivity index (χ0n) is 17.0. The fourth-order valence-electron chi connectivity index (χ4n) is 4.84. The number of carbonyl (C=O) groups is 2. The first-order valence-corrected chi connectivity index (χ1v) is 10.5. The summed E-state index contributed by atoms with van der Waals surface area (Å²) < 4.78 is 2.31. The zero-order chi connectivity index (χ0) is 20.1. The Morgan fingerprint density at radius 1 is 1.24 bits per heavy atom. The molecule has 2 unspecified atom stereocenters. The third-order valence-electron chi connectivity index (χ3n) is 6.75. The van der Waals surface area contributed by atoms with Crippen LogP contribution in [0, 0.1) is 0 Å². The van der Waals surface area contributed by atoms with Crippen molar-refractivity contribution in [2.45, 2.75) is 51.1 Å². The van der Waals surface area contributed by atoms with Gasteiger partial charge in [-0.2, -0.15) is 0 Å². The normalized spacial score (nSPS) is 23.6. The van der Waals surface area contributed by atoms with Gasteiger partial charge in [-0.1, -0.05) is 0 Å². The molecule has 5 rings (SSSR count). The Bertz CT molecular complexity index is 982. The van der Waals surface area contributed by atoms with Crippen molar-refractivity contribution in [3.63, 3.8) is 0 Å². The summed E-state index contributed by atoms with van der Waals surface area (Å²) in [7, 11) is 1.90. The number of nitrogens with one attached hydrogen (secondary N) is 1. The molecule has 1 aromatic heterocycles. The van der Waals surface area contributed by atoms with Crippen LogP contribution in [0.2, 0.25) is 0 Å². The van der Waals surface area contributed by atoms with Gasteiger partial charge in [0.05, 0.1) is 29.4 Å². The maximum atomic E-state index is 13.1. The van der Waals surface area contributed by atoms with Crippen LogP contribution >= 0.6 is 0 Å². The number of hydrogen-bond acceptors (Lipinski definition) is 4. The van der Waals surface area contributed by atoms with Crippen LogP contribution in [-0.2, 0) is 17.6 Å². The molecule has 3 aliphatic rings. The Morgan fingerprint density at radius 3 is 2.93 bits per heavy atom. The van der Waals surface area contributed by atoms with E-state index in [4.69, 9.17) is 0 Å². The molecule has 2 aliphatic heterocycles. The van der Waals surface area contributed by atoms with Crippen molar-refractivity contribution in [2.24, 2.45) is 0 Å². The van der Waals surface area contributed by atoms with Crippen LogP contribution in [0.15, 0.2) is 24.5 Å². The summed E-state index contributed by atoms with van der Waals surface area (Å²) in [6.45, 7) is 3.33. The van der Waals surface area contributed by atoms with Crippen LogP contribution in [-0.4, -0.2) is 52.4 Å². The quantitative estimate of drug-likeness (QED) is 0.852. The van der Waals surface area contributed by atoms with Crippen LogP contribution in [0.25, 0.3) is 0 Å². The smallest absolute Gasteiger partial charge is 0.254 e. The molecular weight excluding hydrogens is 366 g/mol. The minimum absolute atomic E-state index is 0.0276. The first-order valence-electron chi connectivity index (χ1n) is 10.5. The van der Waals surface area contributed by atoms with Crippen LogP contribution in [0.4, 0.5) is 11.4 Å². The summed E-state index contributed by atoms with van der Waals surface area (Å²) >= 11 is 0. The number of amides is 2. The van der Waals surface area contributed by atoms with Gasteiger partial charge in [0, 0.05) is 31.4 Å². The number of imidazole rings is 1. The first kappa shape index (κ1) is 18.2. The molecule has 1 aliphatic carbocycles. The van der Waals surface area contributed by atoms with E-state index in [0.717, 1.165) is 31.5 Å². The fraction of sp³-hybridized carbons (Fsp3) is 0.500. The molecule has 7 nitrogen and oxygen atoms in total. The van der Waals surface area contributed by atoms with Crippen LogP contribution in [0.5, 0.6) is 0 Å². The van der Waals surface area contributed by atoms with E-state index >= 15 is 0 Å². The van der Waals surface area contributed by atoms with Gasteiger partial charge in [0.15, 0.2) is 0 Å². The molecule has 3 heterocycles. The highest BCUT2D eigenvalue weighted by Crippen LogP contribution is 2.33. The summed E-state index contributed by atoms with van der Waals surface area (Å²) in [4.78, 5) is 33.8. The minimum atomic E-state index is -0.218. The zero-order valence-corrected chi connectivity index (χ0v) is 17.0. The van der Waals surface area contributed by atoms with E-state index in [0.29, 0.717) is 23.8 Å². The highest BCUT2D eigenvalue weighted by atomic mass is 16.2. The van der Waals surface area contributed by atoms with Gasteiger partial charge in [-0.25, -0.2) is 4.98 Å². The molecule has 0 bridgehead atoms. The van der Waals surface area contributed by atoms with E-state index in [1.165, 1.54) is 24.2 Å². The van der Waals surface area contributed by atoms with Gasteiger partial charge in [-0.3, -0.25) is 9.59 Å². The van der Waals surface area contributed by atoms with E-state index in [9.17, 15) is 9.59 Å². The maximum Gasteiger partial charge on any atom is 0.254 e. The SMILES string of the molecule is CC1C(=O)Nc2cc(C(=O)N3CCC(n4cnc5c4CCCC5)C3)ccc2N1C. The van der Waals surface area contributed by atoms with Gasteiger partial charge < -0.3 is 19.7 Å². The average molecular weight is 393 g/mol. The summed E-state index contributed by atoms with van der Waals surface area (Å²) in [6, 6.07) is 5.69. The molecule has 152 valence electrons. The molecule has 2 amide bonds. The van der Waals surface area contributed by atoms with E-state index in [2.05, 4.69) is 14.9 Å². The predicted molar refractivity (Wildman–Crippen MR) is 111 cm³/mol. The monoisotopic (exact) mass is 393 g/mol. The molecule has 0 saturated carbocycles. The molecule has 7 heteroatoms. The van der Waals surface area contributed by atoms with Crippen molar-refractivity contribution in [3.05, 3.63) is 41.5 Å². The number of rotatable bonds is 2. The van der Waals surface area contributed by atoms with Gasteiger partial charge in [-0.15, -0.1) is 0 Å². The number of anilines is 2. The van der Waals surface area contributed by atoms with Crippen LogP contribution in [0.1, 0.15) is 54.0 Å². The molecule has 2 aromatic rings. The van der Waals surface area contributed by atoms with Crippen molar-refractivity contribution in [1.82, 2.24) is 14.5 Å². The van der Waals surface area contributed by atoms with Crippen molar-refractivity contribution < 1.29 is 9.59 Å². The summed E-state index contributed by atoms with van der Waals surface area (Å²) in [6.07, 6.45) is 7.54. The van der Waals surface area contributed by atoms with E-state index < -0.39 is 0 Å². The summed E-state index contributed by atoms with van der Waals surface area (Å²) in [5.41, 5.74) is 4.88. The topological polar surface area (TPSA) is 70.5 Å². The molecule has 0 radical (unpaired) electrons. The lowest BCUT2D eigenvalue weighted by Crippen LogP contribution is -2.44. The third kappa shape index (κ3) is 2.99. The molecule has 1 saturated heterocycles. The molecule has 1 N–H and O–H groups in total. The van der Waals surface area contributed by atoms with E-state index in [-0.39, 0.29) is 17.9 Å². The Hall–Kier alpha value is -2.83. The van der Waals surface area contributed by atoms with Crippen LogP contribution < -0.4 is 10.2 Å². The van der Waals surface area contributed by atoms with Crippen molar-refractivity contribution >= 4 is 23.2 Å². The number of likely N-dealkylation sites (tertiary alicyclic amines) is 1. The van der Waals surface area contributed by atoms with Crippen molar-refractivity contribution in [3.8, 4) is 0 Å². The number of carbonyl (C=O) groups excluding carboxylic acids is 2. The highest BCUT2D eigenvalue weighted by Gasteiger charge is 2.32. The summed E-state index contributed by atoms with van der Waals surface area (Å²) in [5.74, 6) is -0.0180. The van der Waals surface area contributed by atoms with E-state index in [1.54, 1.807) is 0 Å². The Labute approximate surface area is 170 Å².